The van der Waals surface area contributed by atoms with Crippen LogP contribution in [-0.2, 0) is 9.53 Å². The van der Waals surface area contributed by atoms with Gasteiger partial charge in [-0.15, -0.1) is 0 Å². The molecule has 0 rings (SSSR count). The summed E-state index contributed by atoms with van der Waals surface area (Å²) in [6.45, 7) is 4.35. The molecule has 0 amide bonds. The number of carbonyl (C=O) groups excluding carboxylic acids is 1. The molecule has 0 aliphatic heterocycles. The van der Waals surface area contributed by atoms with Crippen molar-refractivity contribution in [1.82, 2.24) is 0 Å². The van der Waals surface area contributed by atoms with E-state index in [9.17, 15) is 4.79 Å². The predicted molar refractivity (Wildman–Crippen MR) is 58.0 cm³/mol. The van der Waals surface area contributed by atoms with Gasteiger partial charge in [-0.3, -0.25) is 4.79 Å². The molecule has 0 radical (unpaired) electrons. The molecule has 0 aromatic heterocycles. The van der Waals surface area contributed by atoms with Gasteiger partial charge in [0, 0.05) is 0 Å². The van der Waals surface area contributed by atoms with Crippen molar-refractivity contribution in [2.45, 2.75) is 44.4 Å². The van der Waals surface area contributed by atoms with Crippen molar-refractivity contribution in [1.29, 1.82) is 0 Å². The van der Waals surface area contributed by atoms with Gasteiger partial charge in [0.15, 0.2) is 0 Å². The van der Waals surface area contributed by atoms with Crippen LogP contribution in [-0.4, -0.2) is 17.9 Å². The number of esters is 1. The second-order valence-electron chi connectivity index (χ2n) is 3.47. The average Bonchev–Trinajstić information content (AvgIpc) is 2.13. The van der Waals surface area contributed by atoms with Gasteiger partial charge in [0.25, 0.3) is 0 Å². The van der Waals surface area contributed by atoms with Crippen LogP contribution in [0.1, 0.15) is 39.5 Å². The Balaban J connectivity index is 3.64. The standard InChI is InChI=1S/C10H19BrO2/c1-4-5-6-8(2)7-9(11)10(12)13-3/h8-9H,4-7H2,1-3H3. The molecule has 0 aliphatic rings. The number of hydrogen-bond donors (Lipinski definition) is 0. The minimum Gasteiger partial charge on any atom is -0.468 e. The van der Waals surface area contributed by atoms with Crippen LogP contribution in [0.25, 0.3) is 0 Å². The number of unbranched alkanes of at least 4 members (excludes halogenated alkanes) is 1. The van der Waals surface area contributed by atoms with E-state index in [0.29, 0.717) is 5.92 Å². The largest absolute Gasteiger partial charge is 0.468 e. The molecule has 13 heavy (non-hydrogen) atoms. The van der Waals surface area contributed by atoms with Crippen LogP contribution < -0.4 is 0 Å². The van der Waals surface area contributed by atoms with Crippen LogP contribution in [0.3, 0.4) is 0 Å². The van der Waals surface area contributed by atoms with Gasteiger partial charge < -0.3 is 4.74 Å². The molecule has 2 nitrogen and oxygen atoms in total. The number of rotatable bonds is 6. The average molecular weight is 251 g/mol. The second kappa shape index (κ2) is 7.36. The minimum atomic E-state index is -0.164. The first-order chi connectivity index (χ1) is 6.11. The van der Waals surface area contributed by atoms with Crippen LogP contribution in [0.5, 0.6) is 0 Å². The van der Waals surface area contributed by atoms with Crippen molar-refractivity contribution in [3.8, 4) is 0 Å². The lowest BCUT2D eigenvalue weighted by molar-refractivity contribution is -0.140. The summed E-state index contributed by atoms with van der Waals surface area (Å²) < 4.78 is 4.63. The number of ether oxygens (including phenoxy) is 1. The summed E-state index contributed by atoms with van der Waals surface area (Å²) in [5, 5.41) is 0. The Morgan fingerprint density at radius 1 is 1.54 bits per heavy atom. The van der Waals surface area contributed by atoms with Gasteiger partial charge in [-0.1, -0.05) is 49.0 Å². The van der Waals surface area contributed by atoms with Gasteiger partial charge in [0.1, 0.15) is 4.83 Å². The van der Waals surface area contributed by atoms with Gasteiger partial charge in [0.2, 0.25) is 0 Å². The lowest BCUT2D eigenvalue weighted by Crippen LogP contribution is -2.18. The highest BCUT2D eigenvalue weighted by molar-refractivity contribution is 9.10. The maximum Gasteiger partial charge on any atom is 0.319 e. The molecule has 0 heterocycles. The zero-order valence-electron chi connectivity index (χ0n) is 8.68. The molecular formula is C10H19BrO2. The third-order valence-electron chi connectivity index (χ3n) is 2.12. The monoisotopic (exact) mass is 250 g/mol. The van der Waals surface area contributed by atoms with Crippen LogP contribution in [0.4, 0.5) is 0 Å². The van der Waals surface area contributed by atoms with E-state index in [-0.39, 0.29) is 10.8 Å². The van der Waals surface area contributed by atoms with Crippen LogP contribution >= 0.6 is 15.9 Å². The maximum absolute atomic E-state index is 11.1. The van der Waals surface area contributed by atoms with Gasteiger partial charge in [0.05, 0.1) is 7.11 Å². The molecule has 0 fully saturated rings. The first kappa shape index (κ1) is 12.9. The molecule has 3 heteroatoms. The second-order valence-corrected chi connectivity index (χ2v) is 4.58. The van der Waals surface area contributed by atoms with E-state index in [0.717, 1.165) is 6.42 Å². The molecule has 0 saturated heterocycles. The van der Waals surface area contributed by atoms with Gasteiger partial charge in [-0.2, -0.15) is 0 Å². The third kappa shape index (κ3) is 6.08. The quantitative estimate of drug-likeness (QED) is 0.535. The van der Waals surface area contributed by atoms with E-state index in [1.54, 1.807) is 0 Å². The van der Waals surface area contributed by atoms with Crippen LogP contribution in [0.2, 0.25) is 0 Å². The zero-order valence-corrected chi connectivity index (χ0v) is 10.3. The fourth-order valence-corrected chi connectivity index (χ4v) is 2.07. The van der Waals surface area contributed by atoms with Crippen LogP contribution in [0, 0.1) is 5.92 Å². The Morgan fingerprint density at radius 2 is 2.15 bits per heavy atom. The molecule has 0 saturated carbocycles. The lowest BCUT2D eigenvalue weighted by atomic mass is 9.99. The van der Waals surface area contributed by atoms with E-state index in [1.165, 1.54) is 26.4 Å². The molecule has 0 aromatic rings. The number of carbonyl (C=O) groups is 1. The minimum absolute atomic E-state index is 0.135. The summed E-state index contributed by atoms with van der Waals surface area (Å²) >= 11 is 3.32. The zero-order chi connectivity index (χ0) is 10.3. The van der Waals surface area contributed by atoms with Crippen LogP contribution in [0.15, 0.2) is 0 Å². The summed E-state index contributed by atoms with van der Waals surface area (Å²) in [6.07, 6.45) is 4.51. The summed E-state index contributed by atoms with van der Waals surface area (Å²) in [4.78, 5) is 10.9. The summed E-state index contributed by atoms with van der Waals surface area (Å²) in [5.74, 6) is 0.423. The number of halogens is 1. The molecule has 0 N–H and O–H groups in total. The topological polar surface area (TPSA) is 26.3 Å². The normalized spacial score (nSPS) is 15.1. The third-order valence-corrected chi connectivity index (χ3v) is 2.86. The molecule has 2 atom stereocenters. The van der Waals surface area contributed by atoms with Crippen molar-refractivity contribution in [2.75, 3.05) is 7.11 Å². The van der Waals surface area contributed by atoms with Crippen molar-refractivity contribution in [3.63, 3.8) is 0 Å². The van der Waals surface area contributed by atoms with E-state index in [2.05, 4.69) is 34.5 Å². The fourth-order valence-electron chi connectivity index (χ4n) is 1.25. The smallest absolute Gasteiger partial charge is 0.319 e. The summed E-state index contributed by atoms with van der Waals surface area (Å²) in [7, 11) is 1.42. The summed E-state index contributed by atoms with van der Waals surface area (Å²) in [5.41, 5.74) is 0. The molecule has 0 bridgehead atoms. The Bertz CT molecular complexity index is 148. The van der Waals surface area contributed by atoms with Gasteiger partial charge >= 0.3 is 5.97 Å². The molecule has 78 valence electrons. The first-order valence-corrected chi connectivity index (χ1v) is 5.75. The first-order valence-electron chi connectivity index (χ1n) is 4.83. The molecule has 0 spiro atoms. The van der Waals surface area contributed by atoms with Crippen molar-refractivity contribution in [2.24, 2.45) is 5.92 Å². The van der Waals surface area contributed by atoms with E-state index >= 15 is 0 Å². The van der Waals surface area contributed by atoms with E-state index < -0.39 is 0 Å². The van der Waals surface area contributed by atoms with Crippen molar-refractivity contribution in [3.05, 3.63) is 0 Å². The van der Waals surface area contributed by atoms with E-state index in [1.807, 2.05) is 0 Å². The van der Waals surface area contributed by atoms with Crippen molar-refractivity contribution < 1.29 is 9.53 Å². The molecule has 0 aromatic carbocycles. The SMILES string of the molecule is CCCCC(C)CC(Br)C(=O)OC. The highest BCUT2D eigenvalue weighted by atomic mass is 79.9. The summed E-state index contributed by atoms with van der Waals surface area (Å²) in [6, 6.07) is 0. The van der Waals surface area contributed by atoms with E-state index in [4.69, 9.17) is 0 Å². The highest BCUT2D eigenvalue weighted by Gasteiger charge is 2.17. The number of alkyl halides is 1. The Kier molecular flexibility index (Phi) is 7.33. The Morgan fingerprint density at radius 3 is 2.62 bits per heavy atom. The van der Waals surface area contributed by atoms with Gasteiger partial charge in [-0.05, 0) is 12.3 Å². The molecular weight excluding hydrogens is 232 g/mol. The molecule has 2 unspecified atom stereocenters. The van der Waals surface area contributed by atoms with Crippen molar-refractivity contribution >= 4 is 21.9 Å². The maximum atomic E-state index is 11.1. The molecule has 0 aliphatic carbocycles. The van der Waals surface area contributed by atoms with Gasteiger partial charge in [-0.25, -0.2) is 0 Å². The highest BCUT2D eigenvalue weighted by Crippen LogP contribution is 2.19. The predicted octanol–water partition coefficient (Wildman–Crippen LogP) is 3.14. The Labute approximate surface area is 89.2 Å². The fraction of sp³-hybridized carbons (Fsp3) is 0.900. The number of hydrogen-bond acceptors (Lipinski definition) is 2. The Hall–Kier alpha value is -0.0500. The lowest BCUT2D eigenvalue weighted by Gasteiger charge is -2.13. The number of methoxy groups -OCH3 is 1.